The number of amides is 3. The zero-order valence-corrected chi connectivity index (χ0v) is 23.0. The van der Waals surface area contributed by atoms with E-state index >= 15 is 0 Å². The summed E-state index contributed by atoms with van der Waals surface area (Å²) < 4.78 is 11.7. The average Bonchev–Trinajstić information content (AvgIpc) is 2.90. The Bertz CT molecular complexity index is 1140. The first-order valence-electron chi connectivity index (χ1n) is 12.3. The predicted octanol–water partition coefficient (Wildman–Crippen LogP) is 5.04. The molecule has 0 aliphatic carbocycles. The first-order valence-corrected chi connectivity index (χ1v) is 12.3. The lowest BCUT2D eigenvalue weighted by atomic mass is 9.99. The Balaban J connectivity index is 0.000000586. The van der Waals surface area contributed by atoms with Crippen molar-refractivity contribution in [1.82, 2.24) is 20.1 Å². The molecule has 1 saturated heterocycles. The first-order chi connectivity index (χ1) is 17.6. The Kier molecular flexibility index (Phi) is 13.0. The number of carbonyl (C=O) groups excluding carboxylic acids is 2. The average molecular weight is 514 g/mol. The van der Waals surface area contributed by atoms with Crippen LogP contribution >= 0.6 is 0 Å². The minimum Gasteiger partial charge on any atom is -0.505 e. The van der Waals surface area contributed by atoms with Crippen molar-refractivity contribution in [3.8, 4) is 5.75 Å². The third-order valence-electron chi connectivity index (χ3n) is 5.69. The fraction of sp³-hybridized carbons (Fsp3) is 0.393. The smallest absolute Gasteiger partial charge is 0.324 e. The van der Waals surface area contributed by atoms with E-state index in [0.29, 0.717) is 35.2 Å². The monoisotopic (exact) mass is 513 g/mol. The standard InChI is InChI=1S/C19H25N5O3.C7H9F.C2H6/c1-12-14(18(26)20-2)17(25)15-13(6-5-7-21-15)16(12)23(4)19(27)24-10-8-22(3)9-11-24;1-3-4-5-6-7(2)8;1-2/h5-7,25H,8-11H2,1-4H3,(H,20,26);3-6H,2H2,1H3;1-2H3/b;4-3-,6-5-;. The molecule has 1 fully saturated rings. The summed E-state index contributed by atoms with van der Waals surface area (Å²) in [6, 6.07) is 3.41. The van der Waals surface area contributed by atoms with Crippen LogP contribution in [0.1, 0.15) is 36.7 Å². The number of aromatic hydroxyl groups is 1. The Morgan fingerprint density at radius 1 is 1.22 bits per heavy atom. The van der Waals surface area contributed by atoms with Crippen molar-refractivity contribution in [3.63, 3.8) is 0 Å². The van der Waals surface area contributed by atoms with Crippen LogP contribution in [0.15, 0.2) is 55.0 Å². The summed E-state index contributed by atoms with van der Waals surface area (Å²) in [6.45, 7) is 13.6. The third-order valence-corrected chi connectivity index (χ3v) is 5.69. The van der Waals surface area contributed by atoms with E-state index in [1.165, 1.54) is 13.1 Å². The highest BCUT2D eigenvalue weighted by Crippen LogP contribution is 2.39. The molecule has 37 heavy (non-hydrogen) atoms. The highest BCUT2D eigenvalue weighted by Gasteiger charge is 2.28. The summed E-state index contributed by atoms with van der Waals surface area (Å²) in [6.07, 6.45) is 8.02. The summed E-state index contributed by atoms with van der Waals surface area (Å²) in [5.41, 5.74) is 1.56. The molecular weight excluding hydrogens is 473 g/mol. The Labute approximate surface area is 219 Å². The fourth-order valence-electron chi connectivity index (χ4n) is 3.81. The lowest BCUT2D eigenvalue weighted by Crippen LogP contribution is -2.51. The Morgan fingerprint density at radius 3 is 2.38 bits per heavy atom. The van der Waals surface area contributed by atoms with E-state index in [1.54, 1.807) is 54.3 Å². The van der Waals surface area contributed by atoms with Gasteiger partial charge in [0.15, 0.2) is 5.75 Å². The number of benzene rings is 1. The number of nitrogens with one attached hydrogen (secondary N) is 1. The van der Waals surface area contributed by atoms with Crippen molar-refractivity contribution >= 4 is 28.5 Å². The molecule has 202 valence electrons. The summed E-state index contributed by atoms with van der Waals surface area (Å²) in [5.74, 6) is -1.01. The lowest BCUT2D eigenvalue weighted by molar-refractivity contribution is 0.0960. The molecule has 2 aromatic rings. The van der Waals surface area contributed by atoms with E-state index in [9.17, 15) is 19.1 Å². The number of rotatable bonds is 4. The lowest BCUT2D eigenvalue weighted by Gasteiger charge is -2.35. The van der Waals surface area contributed by atoms with Gasteiger partial charge in [0.2, 0.25) is 0 Å². The number of phenols is 1. The van der Waals surface area contributed by atoms with E-state index in [4.69, 9.17) is 0 Å². The molecule has 0 saturated carbocycles. The minimum atomic E-state index is -0.417. The van der Waals surface area contributed by atoms with Gasteiger partial charge in [-0.25, -0.2) is 9.18 Å². The molecule has 3 rings (SSSR count). The van der Waals surface area contributed by atoms with Crippen LogP contribution in [0.4, 0.5) is 14.9 Å². The van der Waals surface area contributed by atoms with Gasteiger partial charge < -0.3 is 20.2 Å². The number of likely N-dealkylation sites (N-methyl/N-ethyl adjacent to an activating group) is 1. The summed E-state index contributed by atoms with van der Waals surface area (Å²) >= 11 is 0. The van der Waals surface area contributed by atoms with Crippen molar-refractivity contribution in [2.75, 3.05) is 52.2 Å². The van der Waals surface area contributed by atoms with Crippen LogP contribution < -0.4 is 10.2 Å². The predicted molar refractivity (Wildman–Crippen MR) is 150 cm³/mol. The molecule has 0 atom stereocenters. The number of piperazine rings is 1. The maximum atomic E-state index is 13.1. The second-order valence-electron chi connectivity index (χ2n) is 8.14. The normalized spacial score (nSPS) is 13.6. The van der Waals surface area contributed by atoms with Crippen LogP contribution in [0.3, 0.4) is 0 Å². The van der Waals surface area contributed by atoms with Crippen molar-refractivity contribution in [2.24, 2.45) is 0 Å². The summed E-state index contributed by atoms with van der Waals surface area (Å²) in [5, 5.41) is 13.8. The molecule has 0 bridgehead atoms. The quantitative estimate of drug-likeness (QED) is 0.559. The van der Waals surface area contributed by atoms with Crippen molar-refractivity contribution < 1.29 is 19.1 Å². The van der Waals surface area contributed by atoms with Gasteiger partial charge in [-0.05, 0) is 44.7 Å². The molecule has 1 aromatic heterocycles. The number of halogens is 1. The summed E-state index contributed by atoms with van der Waals surface area (Å²) in [4.78, 5) is 35.2. The van der Waals surface area contributed by atoms with Crippen molar-refractivity contribution in [2.45, 2.75) is 27.7 Å². The molecular formula is C28H40FN5O3. The topological polar surface area (TPSA) is 89.0 Å². The van der Waals surface area contributed by atoms with Gasteiger partial charge in [-0.1, -0.05) is 38.7 Å². The number of urea groups is 1. The van der Waals surface area contributed by atoms with E-state index in [1.807, 2.05) is 33.9 Å². The molecule has 1 aromatic carbocycles. The molecule has 1 aliphatic heterocycles. The third kappa shape index (κ3) is 8.15. The van der Waals surface area contributed by atoms with Crippen LogP contribution in [0.5, 0.6) is 5.75 Å². The number of carbonyl (C=O) groups is 2. The van der Waals surface area contributed by atoms with Gasteiger partial charge in [-0.2, -0.15) is 0 Å². The number of anilines is 1. The van der Waals surface area contributed by atoms with Gasteiger partial charge in [0.05, 0.1) is 11.3 Å². The zero-order chi connectivity index (χ0) is 28.1. The van der Waals surface area contributed by atoms with E-state index in [0.717, 1.165) is 13.1 Å². The van der Waals surface area contributed by atoms with Crippen molar-refractivity contribution in [1.29, 1.82) is 0 Å². The summed E-state index contributed by atoms with van der Waals surface area (Å²) in [7, 11) is 5.23. The zero-order valence-electron chi connectivity index (χ0n) is 23.0. The molecule has 0 spiro atoms. The molecule has 0 radical (unpaired) electrons. The van der Waals surface area contributed by atoms with Crippen LogP contribution in [-0.2, 0) is 0 Å². The number of aromatic nitrogens is 1. The number of pyridine rings is 1. The molecule has 0 unspecified atom stereocenters. The number of allylic oxidation sites excluding steroid dienone is 5. The number of hydrogen-bond acceptors (Lipinski definition) is 5. The van der Waals surface area contributed by atoms with Crippen LogP contribution in [0.25, 0.3) is 10.9 Å². The second-order valence-corrected chi connectivity index (χ2v) is 8.14. The Hall–Kier alpha value is -3.72. The molecule has 2 heterocycles. The highest BCUT2D eigenvalue weighted by atomic mass is 19.1. The fourth-order valence-corrected chi connectivity index (χ4v) is 3.81. The number of phenolic OH excluding ortho intramolecular Hbond substituents is 1. The van der Waals surface area contributed by atoms with Gasteiger partial charge in [0.1, 0.15) is 11.3 Å². The SMILES string of the molecule is C=C(F)/C=C\C=C/C.CC.CNC(=O)c1c(C)c(N(C)C(=O)N2CCN(C)CC2)c2cccnc2c1O. The molecule has 2 N–H and O–H groups in total. The Morgan fingerprint density at radius 2 is 1.84 bits per heavy atom. The van der Waals surface area contributed by atoms with Crippen LogP contribution in [0.2, 0.25) is 0 Å². The molecule has 8 nitrogen and oxygen atoms in total. The maximum Gasteiger partial charge on any atom is 0.324 e. The van der Waals surface area contributed by atoms with E-state index < -0.39 is 11.7 Å². The highest BCUT2D eigenvalue weighted by molar-refractivity contribution is 6.12. The van der Waals surface area contributed by atoms with Crippen LogP contribution in [0, 0.1) is 6.92 Å². The minimum absolute atomic E-state index is 0.134. The van der Waals surface area contributed by atoms with Gasteiger partial charge in [-0.15, -0.1) is 0 Å². The molecule has 9 heteroatoms. The number of nitrogens with zero attached hydrogens (tertiary/aromatic N) is 4. The molecule has 1 aliphatic rings. The van der Waals surface area contributed by atoms with Gasteiger partial charge in [0.25, 0.3) is 5.91 Å². The van der Waals surface area contributed by atoms with E-state index in [2.05, 4.69) is 21.8 Å². The van der Waals surface area contributed by atoms with Gasteiger partial charge >= 0.3 is 6.03 Å². The number of fused-ring (bicyclic) bond motifs is 1. The second kappa shape index (κ2) is 15.4. The van der Waals surface area contributed by atoms with Gasteiger partial charge in [0, 0.05) is 51.9 Å². The molecule has 3 amide bonds. The number of hydrogen-bond donors (Lipinski definition) is 2. The maximum absolute atomic E-state index is 13.1. The van der Waals surface area contributed by atoms with E-state index in [-0.39, 0.29) is 17.3 Å². The first kappa shape index (κ1) is 31.3. The van der Waals surface area contributed by atoms with Crippen LogP contribution in [-0.4, -0.2) is 79.2 Å². The largest absolute Gasteiger partial charge is 0.505 e. The van der Waals surface area contributed by atoms with Crippen molar-refractivity contribution in [3.05, 3.63) is 66.2 Å². The van der Waals surface area contributed by atoms with Gasteiger partial charge in [-0.3, -0.25) is 14.7 Å².